The second-order valence-electron chi connectivity index (χ2n) is 10.1. The fourth-order valence-corrected chi connectivity index (χ4v) is 6.15. The monoisotopic (exact) mass is 555 g/mol. The number of benzene rings is 2. The van der Waals surface area contributed by atoms with E-state index in [9.17, 15) is 13.2 Å². The van der Waals surface area contributed by atoms with E-state index < -0.39 is 38.9 Å². The summed E-state index contributed by atoms with van der Waals surface area (Å²) in [6.07, 6.45) is -0.553. The Morgan fingerprint density at radius 2 is 1.72 bits per heavy atom. The number of hydrogen-bond donors (Lipinski definition) is 0. The van der Waals surface area contributed by atoms with Crippen molar-refractivity contribution in [2.24, 2.45) is 0 Å². The molecule has 0 bridgehead atoms. The van der Waals surface area contributed by atoms with Crippen LogP contribution in [0.4, 0.5) is 0 Å². The second-order valence-corrected chi connectivity index (χ2v) is 13.7. The minimum Gasteiger partial charge on any atom is -0.385 e. The van der Waals surface area contributed by atoms with Crippen LogP contribution < -0.4 is 0 Å². The van der Waals surface area contributed by atoms with Gasteiger partial charge in [0.15, 0.2) is 9.84 Å². The van der Waals surface area contributed by atoms with E-state index in [-0.39, 0.29) is 11.7 Å². The van der Waals surface area contributed by atoms with Crippen molar-refractivity contribution in [3.8, 4) is 0 Å². The zero-order chi connectivity index (χ0) is 26.7. The first-order valence-electron chi connectivity index (χ1n) is 12.1. The van der Waals surface area contributed by atoms with Crippen LogP contribution >= 0.6 is 23.2 Å². The van der Waals surface area contributed by atoms with E-state index in [0.29, 0.717) is 29.5 Å². The number of amides is 1. The topological polar surface area (TPSA) is 72.9 Å². The quantitative estimate of drug-likeness (QED) is 0.377. The number of ether oxygens (including phenoxy) is 2. The average Bonchev–Trinajstić information content (AvgIpc) is 2.81. The van der Waals surface area contributed by atoms with Gasteiger partial charge in [0.05, 0.1) is 16.5 Å². The van der Waals surface area contributed by atoms with Gasteiger partial charge in [-0.3, -0.25) is 4.79 Å². The summed E-state index contributed by atoms with van der Waals surface area (Å²) in [4.78, 5) is 15.7. The van der Waals surface area contributed by atoms with Crippen LogP contribution in [0.3, 0.4) is 0 Å². The number of halogens is 2. The molecule has 9 heteroatoms. The minimum absolute atomic E-state index is 0.151. The number of carbonyl (C=O) groups excluding carboxylic acids is 1. The third-order valence-electron chi connectivity index (χ3n) is 6.61. The van der Waals surface area contributed by atoms with E-state index in [1.54, 1.807) is 51.0 Å². The van der Waals surface area contributed by atoms with Crippen molar-refractivity contribution in [1.29, 1.82) is 0 Å². The van der Waals surface area contributed by atoms with E-state index in [4.69, 9.17) is 32.7 Å². The van der Waals surface area contributed by atoms with Crippen LogP contribution in [0.15, 0.2) is 48.5 Å². The lowest BCUT2D eigenvalue weighted by atomic mass is 9.89. The van der Waals surface area contributed by atoms with Crippen LogP contribution in [-0.2, 0) is 24.1 Å². The highest BCUT2D eigenvalue weighted by atomic mass is 35.5. The van der Waals surface area contributed by atoms with Crippen molar-refractivity contribution >= 4 is 38.9 Å². The molecule has 1 fully saturated rings. The van der Waals surface area contributed by atoms with Crippen LogP contribution in [0, 0.1) is 0 Å². The molecule has 6 nitrogen and oxygen atoms in total. The molecule has 3 rings (SSSR count). The molecule has 1 amide bonds. The molecule has 2 aromatic rings. The van der Waals surface area contributed by atoms with E-state index in [2.05, 4.69) is 0 Å². The number of hydrogen-bond acceptors (Lipinski definition) is 5. The fraction of sp³-hybridized carbons (Fsp3) is 0.519. The first-order valence-corrected chi connectivity index (χ1v) is 14.5. The number of carbonyl (C=O) groups is 1. The molecule has 1 saturated heterocycles. The SMILES string of the molecule is CCC(CS(=O)(=O)C(C)(C)C)N1C(=O)[C@@H](CCOC)O[C@H](c2cccc(Cl)c2)C1c1ccc(Cl)cc1. The van der Waals surface area contributed by atoms with Gasteiger partial charge in [0.2, 0.25) is 0 Å². The molecule has 1 aliphatic rings. The number of sulfone groups is 1. The Hall–Kier alpha value is -1.64. The van der Waals surface area contributed by atoms with Gasteiger partial charge in [-0.2, -0.15) is 0 Å². The van der Waals surface area contributed by atoms with E-state index in [1.807, 2.05) is 37.3 Å². The molecule has 0 N–H and O–H groups in total. The smallest absolute Gasteiger partial charge is 0.252 e. The molecular formula is C27H35Cl2NO5S. The molecule has 2 unspecified atom stereocenters. The van der Waals surface area contributed by atoms with Crippen molar-refractivity contribution in [2.75, 3.05) is 19.5 Å². The van der Waals surface area contributed by atoms with Gasteiger partial charge in [-0.25, -0.2) is 8.42 Å². The Labute approximate surface area is 224 Å². The molecule has 0 aliphatic carbocycles. The lowest BCUT2D eigenvalue weighted by Gasteiger charge is -2.48. The van der Waals surface area contributed by atoms with Gasteiger partial charge in [0.1, 0.15) is 12.2 Å². The maximum Gasteiger partial charge on any atom is 0.252 e. The van der Waals surface area contributed by atoms with Crippen LogP contribution in [0.25, 0.3) is 0 Å². The summed E-state index contributed by atoms with van der Waals surface area (Å²) in [5.74, 6) is -0.400. The molecule has 0 aromatic heterocycles. The lowest BCUT2D eigenvalue weighted by molar-refractivity contribution is -0.180. The first kappa shape index (κ1) is 28.9. The predicted octanol–water partition coefficient (Wildman–Crippen LogP) is 6.03. The summed E-state index contributed by atoms with van der Waals surface area (Å²) in [5, 5.41) is 1.11. The van der Waals surface area contributed by atoms with Crippen molar-refractivity contribution in [3.05, 3.63) is 69.7 Å². The summed E-state index contributed by atoms with van der Waals surface area (Å²) in [6.45, 7) is 7.29. The Morgan fingerprint density at radius 1 is 1.06 bits per heavy atom. The van der Waals surface area contributed by atoms with Crippen molar-refractivity contribution in [3.63, 3.8) is 0 Å². The van der Waals surface area contributed by atoms with Gasteiger partial charge in [-0.1, -0.05) is 54.4 Å². The molecule has 2 aromatic carbocycles. The van der Waals surface area contributed by atoms with Gasteiger partial charge in [-0.15, -0.1) is 0 Å². The van der Waals surface area contributed by atoms with Crippen LogP contribution in [0.2, 0.25) is 10.0 Å². The van der Waals surface area contributed by atoms with Gasteiger partial charge in [-0.05, 0) is 62.6 Å². The first-order chi connectivity index (χ1) is 16.9. The van der Waals surface area contributed by atoms with E-state index in [0.717, 1.165) is 11.1 Å². The summed E-state index contributed by atoms with van der Waals surface area (Å²) in [6, 6.07) is 13.5. The third kappa shape index (κ3) is 6.43. The summed E-state index contributed by atoms with van der Waals surface area (Å²) in [5.41, 5.74) is 1.60. The number of rotatable bonds is 9. The molecule has 0 saturated carbocycles. The molecule has 0 spiro atoms. The van der Waals surface area contributed by atoms with Gasteiger partial charge in [0.25, 0.3) is 5.91 Å². The lowest BCUT2D eigenvalue weighted by Crippen LogP contribution is -2.57. The molecule has 198 valence electrons. The second kappa shape index (κ2) is 11.8. The fourth-order valence-electron chi connectivity index (χ4n) is 4.42. The molecule has 0 radical (unpaired) electrons. The maximum absolute atomic E-state index is 14.0. The van der Waals surface area contributed by atoms with Crippen LogP contribution in [0.1, 0.15) is 63.8 Å². The van der Waals surface area contributed by atoms with Gasteiger partial charge in [0, 0.05) is 36.2 Å². The Morgan fingerprint density at radius 3 is 2.28 bits per heavy atom. The highest BCUT2D eigenvalue weighted by molar-refractivity contribution is 7.92. The normalized spacial score (nSPS) is 22.0. The predicted molar refractivity (Wildman–Crippen MR) is 144 cm³/mol. The standard InChI is InChI=1S/C27H35Cl2NO5S/c1-6-22(17-36(32,33)27(2,3)4)30-24(18-10-12-20(28)13-11-18)25(19-8-7-9-21(29)16-19)35-23(26(30)31)14-15-34-5/h7-13,16,22-25H,6,14-15,17H2,1-5H3/t22?,23-,24?,25-/m1/s1. The van der Waals surface area contributed by atoms with E-state index in [1.165, 1.54) is 0 Å². The maximum atomic E-state index is 14.0. The number of nitrogens with zero attached hydrogens (tertiary/aromatic N) is 1. The Balaban J connectivity index is 2.19. The highest BCUT2D eigenvalue weighted by Gasteiger charge is 2.47. The summed E-state index contributed by atoms with van der Waals surface area (Å²) >= 11 is 12.5. The molecule has 36 heavy (non-hydrogen) atoms. The van der Waals surface area contributed by atoms with Crippen LogP contribution in [0.5, 0.6) is 0 Å². The van der Waals surface area contributed by atoms with Crippen molar-refractivity contribution in [2.45, 2.75) is 69.6 Å². The zero-order valence-electron chi connectivity index (χ0n) is 21.4. The minimum atomic E-state index is -3.52. The molecular weight excluding hydrogens is 521 g/mol. The Kier molecular flexibility index (Phi) is 9.50. The summed E-state index contributed by atoms with van der Waals surface area (Å²) < 4.78 is 37.3. The van der Waals surface area contributed by atoms with Crippen molar-refractivity contribution < 1.29 is 22.7 Å². The zero-order valence-corrected chi connectivity index (χ0v) is 23.7. The highest BCUT2D eigenvalue weighted by Crippen LogP contribution is 2.45. The summed E-state index contributed by atoms with van der Waals surface area (Å²) in [7, 11) is -1.95. The van der Waals surface area contributed by atoms with Gasteiger partial charge < -0.3 is 14.4 Å². The van der Waals surface area contributed by atoms with Crippen LogP contribution in [-0.4, -0.2) is 55.6 Å². The number of morpholine rings is 1. The molecule has 1 heterocycles. The number of methoxy groups -OCH3 is 1. The van der Waals surface area contributed by atoms with Crippen molar-refractivity contribution in [1.82, 2.24) is 4.90 Å². The molecule has 4 atom stereocenters. The third-order valence-corrected chi connectivity index (χ3v) is 9.79. The average molecular weight is 557 g/mol. The van der Waals surface area contributed by atoms with Gasteiger partial charge >= 0.3 is 0 Å². The molecule has 1 aliphatic heterocycles. The Bertz CT molecular complexity index is 1150. The largest absolute Gasteiger partial charge is 0.385 e. The van der Waals surface area contributed by atoms with E-state index >= 15 is 0 Å².